The number of hydrogen-bond donors (Lipinski definition) is 0. The third kappa shape index (κ3) is 4.11. The van der Waals surface area contributed by atoms with E-state index in [4.69, 9.17) is 24.5 Å². The van der Waals surface area contributed by atoms with Gasteiger partial charge in [-0.1, -0.05) is 139 Å². The molecule has 3 aromatic heterocycles. The topological polar surface area (TPSA) is 43.6 Å². The Kier molecular flexibility index (Phi) is 4.20. The van der Waals surface area contributed by atoms with Crippen molar-refractivity contribution in [3.05, 3.63) is 157 Å². The molecule has 3 heterocycles. The highest BCUT2D eigenvalue weighted by Crippen LogP contribution is 2.44. The molecule has 0 aliphatic carbocycles. The highest BCUT2D eigenvalue weighted by molar-refractivity contribution is 7.26. The lowest BCUT2D eigenvalue weighted by molar-refractivity contribution is 1.08. The lowest BCUT2D eigenvalue weighted by atomic mass is 10.0. The van der Waals surface area contributed by atoms with Gasteiger partial charge < -0.3 is 4.57 Å². The monoisotopic (exact) mass is 640 g/mol. The van der Waals surface area contributed by atoms with Crippen molar-refractivity contribution in [3.63, 3.8) is 0 Å². The molecule has 0 saturated heterocycles. The van der Waals surface area contributed by atoms with Crippen molar-refractivity contribution in [2.45, 2.75) is 0 Å². The summed E-state index contributed by atoms with van der Waals surface area (Å²) in [4.78, 5) is 14.8. The van der Waals surface area contributed by atoms with Crippen LogP contribution >= 0.6 is 11.3 Å². The maximum Gasteiger partial charge on any atom is 0.164 e. The van der Waals surface area contributed by atoms with Crippen LogP contribution in [0.15, 0.2) is 157 Å². The van der Waals surface area contributed by atoms with Gasteiger partial charge in [-0.05, 0) is 23.5 Å². The standard InChI is InChI=1S/C43H26N4S/c1-3-13-27(14-4-1)41-44-42(28-15-5-2-6-16-28)46-43(45-41)35-21-11-20-30-29(35)19-12-23-37(30)47-36-22-9-7-17-31(36)33-25-26-34-32-18-8-10-24-38(32)48-40(34)39(33)47/h1-26H/i7D,8D,9D,10D,17D,18D,22D,24D,25D,26D. The summed E-state index contributed by atoms with van der Waals surface area (Å²) in [5, 5.41) is 1.82. The van der Waals surface area contributed by atoms with Gasteiger partial charge in [-0.15, -0.1) is 11.3 Å². The van der Waals surface area contributed by atoms with Gasteiger partial charge in [0.15, 0.2) is 17.5 Å². The van der Waals surface area contributed by atoms with Crippen LogP contribution in [0.2, 0.25) is 0 Å². The van der Waals surface area contributed by atoms with Gasteiger partial charge in [0, 0.05) is 48.3 Å². The highest BCUT2D eigenvalue weighted by atomic mass is 32.1. The zero-order valence-electron chi connectivity index (χ0n) is 34.9. The third-order valence-electron chi connectivity index (χ3n) is 8.54. The summed E-state index contributed by atoms with van der Waals surface area (Å²) >= 11 is 1.05. The van der Waals surface area contributed by atoms with Crippen LogP contribution in [0, 0.1) is 0 Å². The molecule has 48 heavy (non-hydrogen) atoms. The van der Waals surface area contributed by atoms with E-state index in [-0.39, 0.29) is 68.0 Å². The molecular formula is C43H26N4S. The summed E-state index contributed by atoms with van der Waals surface area (Å²) in [5.41, 5.74) is 3.17. The number of thiophene rings is 1. The number of aromatic nitrogens is 4. The Hall–Kier alpha value is -6.17. The Morgan fingerprint density at radius 3 is 1.88 bits per heavy atom. The van der Waals surface area contributed by atoms with E-state index >= 15 is 0 Å². The van der Waals surface area contributed by atoms with Crippen molar-refractivity contribution in [3.8, 4) is 39.9 Å². The molecule has 0 saturated carbocycles. The fourth-order valence-corrected chi connectivity index (χ4v) is 7.52. The average Bonchev–Trinajstić information content (AvgIpc) is 3.83. The van der Waals surface area contributed by atoms with Gasteiger partial charge in [0.25, 0.3) is 0 Å². The Balaban J connectivity index is 1.36. The van der Waals surface area contributed by atoms with Crippen LogP contribution < -0.4 is 0 Å². The van der Waals surface area contributed by atoms with E-state index in [9.17, 15) is 4.11 Å². The number of hydrogen-bond acceptors (Lipinski definition) is 4. The van der Waals surface area contributed by atoms with Crippen molar-refractivity contribution < 1.29 is 13.7 Å². The van der Waals surface area contributed by atoms with Crippen molar-refractivity contribution in [2.24, 2.45) is 0 Å². The Morgan fingerprint density at radius 1 is 0.479 bits per heavy atom. The quantitative estimate of drug-likeness (QED) is 0.192. The van der Waals surface area contributed by atoms with Crippen LogP contribution in [-0.2, 0) is 0 Å². The molecule has 0 atom stereocenters. The highest BCUT2D eigenvalue weighted by Gasteiger charge is 2.20. The van der Waals surface area contributed by atoms with Crippen LogP contribution in [-0.4, -0.2) is 19.5 Å². The minimum absolute atomic E-state index is 0.0593. The molecule has 5 heteroatoms. The zero-order chi connectivity index (χ0) is 40.3. The summed E-state index contributed by atoms with van der Waals surface area (Å²) in [5.74, 6) is 1.36. The molecule has 4 nitrogen and oxygen atoms in total. The van der Waals surface area contributed by atoms with Crippen LogP contribution in [0.25, 0.3) is 92.6 Å². The second-order valence-electron chi connectivity index (χ2n) is 11.3. The van der Waals surface area contributed by atoms with Crippen molar-refractivity contribution in [2.75, 3.05) is 0 Å². The molecule has 7 aromatic carbocycles. The molecule has 224 valence electrons. The largest absolute Gasteiger partial charge is 0.307 e. The van der Waals surface area contributed by atoms with E-state index in [1.165, 1.54) is 0 Å². The third-order valence-corrected chi connectivity index (χ3v) is 9.66. The fraction of sp³-hybridized carbons (Fsp3) is 0. The molecule has 0 aliphatic heterocycles. The zero-order valence-corrected chi connectivity index (χ0v) is 25.8. The normalized spacial score (nSPS) is 14.7. The molecule has 10 rings (SSSR count). The van der Waals surface area contributed by atoms with E-state index in [0.29, 0.717) is 44.3 Å². The molecule has 0 amide bonds. The second kappa shape index (κ2) is 10.7. The summed E-state index contributed by atoms with van der Waals surface area (Å²) in [7, 11) is 0. The van der Waals surface area contributed by atoms with E-state index in [1.54, 1.807) is 4.57 Å². The minimum atomic E-state index is -0.489. The van der Waals surface area contributed by atoms with Crippen molar-refractivity contribution >= 4 is 64.1 Å². The maximum absolute atomic E-state index is 9.38. The predicted molar refractivity (Wildman–Crippen MR) is 201 cm³/mol. The molecule has 0 spiro atoms. The SMILES string of the molecule is [2H]c1c([2H])c([2H])c2c(sc3c2c([2H])c([2H])c2c4c([2H])c([2H])c([2H])c([2H])c4n(-c4cccc5c(-c6nc(-c7ccccc7)nc(-c7ccccc7)n6)cccc45)c32)c1[2H]. The molecule has 10 aromatic rings. The Labute approximate surface area is 294 Å². The van der Waals surface area contributed by atoms with Gasteiger partial charge in [-0.3, -0.25) is 0 Å². The Morgan fingerprint density at radius 2 is 1.10 bits per heavy atom. The predicted octanol–water partition coefficient (Wildman–Crippen LogP) is 11.5. The van der Waals surface area contributed by atoms with Gasteiger partial charge in [0.05, 0.1) is 35.1 Å². The van der Waals surface area contributed by atoms with Gasteiger partial charge in [-0.2, -0.15) is 0 Å². The van der Waals surface area contributed by atoms with Crippen LogP contribution in [0.3, 0.4) is 0 Å². The number of fused-ring (bicyclic) bond motifs is 8. The first-order valence-electron chi connectivity index (χ1n) is 20.2. The molecule has 0 bridgehead atoms. The molecule has 0 fully saturated rings. The lowest BCUT2D eigenvalue weighted by Gasteiger charge is -2.14. The van der Waals surface area contributed by atoms with Crippen LogP contribution in [0.1, 0.15) is 13.7 Å². The molecular weight excluding hydrogens is 605 g/mol. The van der Waals surface area contributed by atoms with E-state index in [0.717, 1.165) is 27.8 Å². The first-order chi connectivity index (χ1) is 28.0. The number of rotatable bonds is 4. The maximum atomic E-state index is 9.38. The molecule has 0 unspecified atom stereocenters. The first kappa shape index (κ1) is 18.8. The van der Waals surface area contributed by atoms with E-state index < -0.39 is 24.2 Å². The summed E-state index contributed by atoms with van der Waals surface area (Å²) in [6, 6.07) is 26.6. The summed E-state index contributed by atoms with van der Waals surface area (Å²) < 4.78 is 91.0. The Bertz CT molecular complexity index is 3350. The van der Waals surface area contributed by atoms with Gasteiger partial charge in [-0.25, -0.2) is 15.0 Å². The molecule has 0 N–H and O–H groups in total. The fourth-order valence-electron chi connectivity index (χ4n) is 6.42. The molecule has 0 radical (unpaired) electrons. The van der Waals surface area contributed by atoms with E-state index in [1.807, 2.05) is 97.1 Å². The van der Waals surface area contributed by atoms with Gasteiger partial charge >= 0.3 is 0 Å². The lowest BCUT2D eigenvalue weighted by Crippen LogP contribution is -2.01. The van der Waals surface area contributed by atoms with Crippen molar-refractivity contribution in [1.82, 2.24) is 19.5 Å². The van der Waals surface area contributed by atoms with E-state index in [2.05, 4.69) is 0 Å². The van der Waals surface area contributed by atoms with Gasteiger partial charge in [0.1, 0.15) is 0 Å². The summed E-state index contributed by atoms with van der Waals surface area (Å²) in [6.07, 6.45) is 0. The average molecular weight is 641 g/mol. The van der Waals surface area contributed by atoms with Crippen molar-refractivity contribution in [1.29, 1.82) is 0 Å². The number of nitrogens with zero attached hydrogens (tertiary/aromatic N) is 4. The number of para-hydroxylation sites is 1. The minimum Gasteiger partial charge on any atom is -0.307 e. The van der Waals surface area contributed by atoms with Crippen LogP contribution in [0.5, 0.6) is 0 Å². The molecule has 0 aliphatic rings. The number of benzene rings is 7. The summed E-state index contributed by atoms with van der Waals surface area (Å²) in [6.45, 7) is 0. The smallest absolute Gasteiger partial charge is 0.164 e. The van der Waals surface area contributed by atoms with Gasteiger partial charge in [0.2, 0.25) is 0 Å². The first-order valence-corrected chi connectivity index (χ1v) is 16.0. The van der Waals surface area contributed by atoms with Crippen LogP contribution in [0.4, 0.5) is 0 Å². The second-order valence-corrected chi connectivity index (χ2v) is 12.3.